The van der Waals surface area contributed by atoms with Gasteiger partial charge in [-0.2, -0.15) is 0 Å². The molecule has 3 heterocycles. The first-order valence-corrected chi connectivity index (χ1v) is 5.96. The summed E-state index contributed by atoms with van der Waals surface area (Å²) in [5.74, 6) is 0. The summed E-state index contributed by atoms with van der Waals surface area (Å²) in [6, 6.07) is 4.70. The summed E-state index contributed by atoms with van der Waals surface area (Å²) in [6.45, 7) is 2.42. The predicted molar refractivity (Wildman–Crippen MR) is 58.8 cm³/mol. The largest absolute Gasteiger partial charge is 0.244 e. The highest BCUT2D eigenvalue weighted by Gasteiger charge is 2.26. The van der Waals surface area contributed by atoms with E-state index in [2.05, 4.69) is 27.6 Å². The van der Waals surface area contributed by atoms with Crippen molar-refractivity contribution in [1.29, 1.82) is 0 Å². The molecule has 0 amide bonds. The van der Waals surface area contributed by atoms with Gasteiger partial charge in [0.15, 0.2) is 11.0 Å². The van der Waals surface area contributed by atoms with Crippen molar-refractivity contribution in [3.63, 3.8) is 0 Å². The monoisotopic (exact) mass is 199 g/mol. The third-order valence-electron chi connectivity index (χ3n) is 3.86. The summed E-state index contributed by atoms with van der Waals surface area (Å²) in [4.78, 5) is 0. The minimum absolute atomic E-state index is 1.21. The van der Waals surface area contributed by atoms with Crippen molar-refractivity contribution in [2.45, 2.75) is 38.8 Å². The van der Waals surface area contributed by atoms with Crippen LogP contribution in [0.1, 0.15) is 24.0 Å². The third-order valence-corrected chi connectivity index (χ3v) is 3.86. The molecule has 1 aromatic carbocycles. The maximum Gasteiger partial charge on any atom is 0.244 e. The highest BCUT2D eigenvalue weighted by atomic mass is 15.1. The van der Waals surface area contributed by atoms with E-state index in [-0.39, 0.29) is 0 Å². The highest BCUT2D eigenvalue weighted by Crippen LogP contribution is 2.28. The Morgan fingerprint density at radius 2 is 1.93 bits per heavy atom. The van der Waals surface area contributed by atoms with Crippen molar-refractivity contribution in [1.82, 2.24) is 4.57 Å². The number of benzene rings is 1. The van der Waals surface area contributed by atoms with Gasteiger partial charge in [-0.05, 0) is 25.7 Å². The van der Waals surface area contributed by atoms with Crippen LogP contribution in [0.25, 0.3) is 11.0 Å². The normalized spacial score (nSPS) is 18.4. The molecular formula is C13H15N2+. The lowest BCUT2D eigenvalue weighted by Crippen LogP contribution is -2.35. The Hall–Kier alpha value is -1.31. The Morgan fingerprint density at radius 3 is 2.93 bits per heavy atom. The first-order chi connectivity index (χ1) is 7.43. The van der Waals surface area contributed by atoms with Crippen LogP contribution in [0.4, 0.5) is 0 Å². The van der Waals surface area contributed by atoms with Crippen LogP contribution < -0.4 is 4.57 Å². The van der Waals surface area contributed by atoms with Crippen LogP contribution in [-0.2, 0) is 25.9 Å². The average Bonchev–Trinajstić information content (AvgIpc) is 2.66. The number of hydrogen-bond acceptors (Lipinski definition) is 0. The number of aromatic nitrogens is 2. The van der Waals surface area contributed by atoms with Gasteiger partial charge in [0.05, 0.1) is 13.1 Å². The fraction of sp³-hybridized carbons (Fsp3) is 0.462. The van der Waals surface area contributed by atoms with Crippen LogP contribution in [0, 0.1) is 0 Å². The summed E-state index contributed by atoms with van der Waals surface area (Å²) in [5, 5.41) is 0. The van der Waals surface area contributed by atoms with Gasteiger partial charge in [0.2, 0.25) is 6.33 Å². The highest BCUT2D eigenvalue weighted by molar-refractivity contribution is 5.80. The van der Waals surface area contributed by atoms with Crippen LogP contribution in [0.5, 0.6) is 0 Å². The molecule has 2 heteroatoms. The van der Waals surface area contributed by atoms with Crippen LogP contribution >= 0.6 is 0 Å². The predicted octanol–water partition coefficient (Wildman–Crippen LogP) is 1.82. The molecule has 0 aliphatic carbocycles. The third kappa shape index (κ3) is 0.921. The van der Waals surface area contributed by atoms with Gasteiger partial charge >= 0.3 is 0 Å². The lowest BCUT2D eigenvalue weighted by molar-refractivity contribution is -0.675. The zero-order chi connectivity index (χ0) is 9.83. The minimum Gasteiger partial charge on any atom is -0.230 e. The van der Waals surface area contributed by atoms with Gasteiger partial charge in [0.25, 0.3) is 0 Å². The van der Waals surface area contributed by atoms with Gasteiger partial charge in [0.1, 0.15) is 0 Å². The number of imidazole rings is 1. The van der Waals surface area contributed by atoms with E-state index in [9.17, 15) is 0 Å². The minimum atomic E-state index is 1.21. The Bertz CT molecular complexity index is 503. The standard InChI is InChI=1S/C13H15N2/c1-3-10-5-6-11-4-2-8-15-9-14(7-1)12(10)13(11)15/h5-6,9H,1-4,7-8H2/q+1. The summed E-state index contributed by atoms with van der Waals surface area (Å²) in [7, 11) is 0. The van der Waals surface area contributed by atoms with Gasteiger partial charge in [-0.15, -0.1) is 0 Å². The van der Waals surface area contributed by atoms with E-state index in [1.54, 1.807) is 11.1 Å². The fourth-order valence-electron chi connectivity index (χ4n) is 3.21. The van der Waals surface area contributed by atoms with Crippen LogP contribution in [-0.4, -0.2) is 4.57 Å². The molecule has 1 aromatic heterocycles. The second kappa shape index (κ2) is 2.63. The Morgan fingerprint density at radius 1 is 1.07 bits per heavy atom. The first-order valence-electron chi connectivity index (χ1n) is 5.96. The number of aryl methyl sites for hydroxylation is 4. The molecular weight excluding hydrogens is 184 g/mol. The molecule has 0 bridgehead atoms. The molecule has 76 valence electrons. The van der Waals surface area contributed by atoms with E-state index in [4.69, 9.17) is 0 Å². The zero-order valence-corrected chi connectivity index (χ0v) is 8.87. The average molecular weight is 199 g/mol. The number of hydrogen-bond donors (Lipinski definition) is 0. The van der Waals surface area contributed by atoms with E-state index in [0.717, 1.165) is 0 Å². The van der Waals surface area contributed by atoms with Gasteiger partial charge in [-0.25, -0.2) is 9.13 Å². The fourth-order valence-corrected chi connectivity index (χ4v) is 3.21. The van der Waals surface area contributed by atoms with Gasteiger partial charge < -0.3 is 0 Å². The van der Waals surface area contributed by atoms with E-state index in [1.807, 2.05) is 0 Å². The summed E-state index contributed by atoms with van der Waals surface area (Å²) in [5.41, 5.74) is 6.17. The molecule has 0 saturated carbocycles. The SMILES string of the molecule is c1cc2c3c4c1CCCn4c[n+]3CCC2. The second-order valence-electron chi connectivity index (χ2n) is 4.79. The van der Waals surface area contributed by atoms with Gasteiger partial charge in [0, 0.05) is 11.1 Å². The quantitative estimate of drug-likeness (QED) is 0.572. The van der Waals surface area contributed by atoms with Crippen molar-refractivity contribution in [2.24, 2.45) is 0 Å². The van der Waals surface area contributed by atoms with Gasteiger partial charge in [-0.1, -0.05) is 12.1 Å². The summed E-state index contributed by atoms with van der Waals surface area (Å²) in [6.07, 6.45) is 7.46. The molecule has 2 aliphatic rings. The van der Waals surface area contributed by atoms with Crippen molar-refractivity contribution in [3.05, 3.63) is 29.6 Å². The summed E-state index contributed by atoms with van der Waals surface area (Å²) < 4.78 is 4.92. The zero-order valence-electron chi connectivity index (χ0n) is 8.87. The van der Waals surface area contributed by atoms with Crippen molar-refractivity contribution >= 4 is 11.0 Å². The lowest BCUT2D eigenvalue weighted by atomic mass is 9.98. The Labute approximate surface area is 89.1 Å². The molecule has 0 N–H and O–H groups in total. The molecule has 0 fully saturated rings. The maximum absolute atomic E-state index is 2.46. The van der Waals surface area contributed by atoms with E-state index < -0.39 is 0 Å². The molecule has 4 rings (SSSR count). The number of nitrogens with zero attached hydrogens (tertiary/aromatic N) is 2. The van der Waals surface area contributed by atoms with Gasteiger partial charge in [-0.3, -0.25) is 0 Å². The van der Waals surface area contributed by atoms with Crippen molar-refractivity contribution in [3.8, 4) is 0 Å². The summed E-state index contributed by atoms with van der Waals surface area (Å²) >= 11 is 0. The second-order valence-corrected chi connectivity index (χ2v) is 4.79. The topological polar surface area (TPSA) is 8.81 Å². The maximum atomic E-state index is 2.46. The Balaban J connectivity index is 2.21. The molecule has 0 unspecified atom stereocenters. The molecule has 0 spiro atoms. The van der Waals surface area contributed by atoms with E-state index >= 15 is 0 Å². The molecule has 0 saturated heterocycles. The Kier molecular flexibility index (Phi) is 1.39. The molecule has 0 atom stereocenters. The van der Waals surface area contributed by atoms with Crippen LogP contribution in [0.2, 0.25) is 0 Å². The van der Waals surface area contributed by atoms with Crippen LogP contribution in [0.15, 0.2) is 18.5 Å². The first kappa shape index (κ1) is 7.91. The molecule has 2 aliphatic heterocycles. The number of rotatable bonds is 0. The lowest BCUT2D eigenvalue weighted by Gasteiger charge is -2.12. The van der Waals surface area contributed by atoms with E-state index in [0.29, 0.717) is 0 Å². The molecule has 2 aromatic rings. The molecule has 15 heavy (non-hydrogen) atoms. The van der Waals surface area contributed by atoms with E-state index in [1.165, 1.54) is 49.8 Å². The van der Waals surface area contributed by atoms with Crippen molar-refractivity contribution < 1.29 is 4.57 Å². The van der Waals surface area contributed by atoms with Crippen molar-refractivity contribution in [2.75, 3.05) is 0 Å². The smallest absolute Gasteiger partial charge is 0.230 e. The molecule has 0 radical (unpaired) electrons. The molecule has 2 nitrogen and oxygen atoms in total. The van der Waals surface area contributed by atoms with Crippen LogP contribution in [0.3, 0.4) is 0 Å².